The van der Waals surface area contributed by atoms with Crippen molar-refractivity contribution in [3.05, 3.63) is 46.7 Å². The topological polar surface area (TPSA) is 113 Å². The molecular formula is C16H18N4O3S. The fourth-order valence-corrected chi connectivity index (χ4v) is 2.62. The molecule has 0 unspecified atom stereocenters. The Morgan fingerprint density at radius 3 is 2.50 bits per heavy atom. The minimum Gasteiger partial charge on any atom is -0.352 e. The Balaban J connectivity index is 1.71. The Morgan fingerprint density at radius 1 is 1.08 bits per heavy atom. The predicted molar refractivity (Wildman–Crippen MR) is 94.2 cm³/mol. The van der Waals surface area contributed by atoms with Crippen molar-refractivity contribution in [3.8, 4) is 0 Å². The monoisotopic (exact) mass is 346 g/mol. The first-order valence-electron chi connectivity index (χ1n) is 7.31. The van der Waals surface area contributed by atoms with Crippen molar-refractivity contribution in [2.24, 2.45) is 5.73 Å². The number of nitrogens with two attached hydrogens (primary N) is 1. The summed E-state index contributed by atoms with van der Waals surface area (Å²) in [6.07, 6.45) is 0.804. The molecule has 0 saturated heterocycles. The molecule has 0 aliphatic heterocycles. The van der Waals surface area contributed by atoms with Crippen LogP contribution in [0.25, 0.3) is 0 Å². The van der Waals surface area contributed by atoms with Crippen molar-refractivity contribution in [2.75, 3.05) is 17.2 Å². The Morgan fingerprint density at radius 2 is 1.83 bits per heavy atom. The number of urea groups is 1. The number of hydrogen-bond acceptors (Lipinski definition) is 4. The molecule has 0 spiro atoms. The molecule has 4 amide bonds. The van der Waals surface area contributed by atoms with Crippen LogP contribution in [-0.4, -0.2) is 24.4 Å². The molecule has 2 rings (SSSR count). The lowest BCUT2D eigenvalue weighted by Gasteiger charge is -2.08. The average Bonchev–Trinajstić information content (AvgIpc) is 3.05. The number of benzene rings is 1. The van der Waals surface area contributed by atoms with Crippen molar-refractivity contribution in [2.45, 2.75) is 12.8 Å². The molecule has 126 valence electrons. The van der Waals surface area contributed by atoms with Gasteiger partial charge in [-0.25, -0.2) is 4.79 Å². The summed E-state index contributed by atoms with van der Waals surface area (Å²) in [6, 6.07) is 7.77. The highest BCUT2D eigenvalue weighted by molar-refractivity contribution is 7.08. The van der Waals surface area contributed by atoms with E-state index in [0.717, 1.165) is 0 Å². The summed E-state index contributed by atoms with van der Waals surface area (Å²) in [4.78, 5) is 34.4. The highest BCUT2D eigenvalue weighted by atomic mass is 32.1. The zero-order chi connectivity index (χ0) is 17.4. The van der Waals surface area contributed by atoms with Gasteiger partial charge < -0.3 is 21.7 Å². The van der Waals surface area contributed by atoms with E-state index in [1.165, 1.54) is 11.3 Å². The highest BCUT2D eigenvalue weighted by Gasteiger charge is 2.06. The van der Waals surface area contributed by atoms with Crippen LogP contribution >= 0.6 is 11.3 Å². The largest absolute Gasteiger partial charge is 0.352 e. The molecule has 1 aromatic heterocycles. The molecule has 0 aliphatic rings. The highest BCUT2D eigenvalue weighted by Crippen LogP contribution is 2.15. The summed E-state index contributed by atoms with van der Waals surface area (Å²) in [6.45, 7) is 0.422. The molecule has 0 aliphatic carbocycles. The molecule has 24 heavy (non-hydrogen) atoms. The van der Waals surface area contributed by atoms with Gasteiger partial charge in [-0.15, -0.1) is 0 Å². The van der Waals surface area contributed by atoms with E-state index in [-0.39, 0.29) is 18.2 Å². The lowest BCUT2D eigenvalue weighted by Crippen LogP contribution is -2.25. The van der Waals surface area contributed by atoms with Gasteiger partial charge in [-0.3, -0.25) is 9.59 Å². The molecule has 1 aromatic carbocycles. The van der Waals surface area contributed by atoms with Gasteiger partial charge in [0.15, 0.2) is 0 Å². The van der Waals surface area contributed by atoms with E-state index in [2.05, 4.69) is 16.0 Å². The fourth-order valence-electron chi connectivity index (χ4n) is 1.99. The smallest absolute Gasteiger partial charge is 0.316 e. The van der Waals surface area contributed by atoms with E-state index in [1.807, 2.05) is 5.38 Å². The summed E-state index contributed by atoms with van der Waals surface area (Å²) >= 11 is 1.46. The van der Waals surface area contributed by atoms with E-state index in [0.29, 0.717) is 29.9 Å². The maximum atomic E-state index is 11.9. The Hall–Kier alpha value is -2.87. The van der Waals surface area contributed by atoms with Crippen molar-refractivity contribution in [1.29, 1.82) is 0 Å². The van der Waals surface area contributed by atoms with Gasteiger partial charge in [0.2, 0.25) is 5.91 Å². The van der Waals surface area contributed by atoms with Gasteiger partial charge in [0, 0.05) is 35.3 Å². The number of anilines is 2. The molecule has 0 radical (unpaired) electrons. The summed E-state index contributed by atoms with van der Waals surface area (Å²) < 4.78 is 0. The third-order valence-electron chi connectivity index (χ3n) is 3.06. The third-order valence-corrected chi connectivity index (χ3v) is 3.75. The van der Waals surface area contributed by atoms with Crippen LogP contribution in [0, 0.1) is 0 Å². The minimum atomic E-state index is -0.667. The lowest BCUT2D eigenvalue weighted by atomic mass is 10.2. The average molecular weight is 346 g/mol. The number of amides is 4. The first kappa shape index (κ1) is 17.5. The van der Waals surface area contributed by atoms with Crippen LogP contribution in [0.5, 0.6) is 0 Å². The molecule has 5 N–H and O–H groups in total. The number of primary amides is 1. The van der Waals surface area contributed by atoms with Crippen LogP contribution in [0.3, 0.4) is 0 Å². The van der Waals surface area contributed by atoms with E-state index in [4.69, 9.17) is 5.73 Å². The van der Waals surface area contributed by atoms with Crippen LogP contribution in [0.1, 0.15) is 23.2 Å². The quantitative estimate of drug-likeness (QED) is 0.577. The number of hydrogen-bond donors (Lipinski definition) is 4. The lowest BCUT2D eigenvalue weighted by molar-refractivity contribution is -0.116. The second-order valence-corrected chi connectivity index (χ2v) is 5.77. The molecule has 0 atom stereocenters. The normalized spacial score (nSPS) is 10.0. The van der Waals surface area contributed by atoms with E-state index < -0.39 is 6.03 Å². The second kappa shape index (κ2) is 8.68. The van der Waals surface area contributed by atoms with Crippen LogP contribution < -0.4 is 21.7 Å². The van der Waals surface area contributed by atoms with Gasteiger partial charge in [-0.05, 0) is 36.1 Å². The summed E-state index contributed by atoms with van der Waals surface area (Å²) in [5.74, 6) is -0.308. The number of carbonyl (C=O) groups excluding carboxylic acids is 3. The van der Waals surface area contributed by atoms with Gasteiger partial charge in [-0.1, -0.05) is 6.07 Å². The molecule has 0 saturated carbocycles. The van der Waals surface area contributed by atoms with Crippen LogP contribution in [0.4, 0.5) is 16.2 Å². The molecule has 8 heteroatoms. The van der Waals surface area contributed by atoms with Gasteiger partial charge in [0.1, 0.15) is 0 Å². The van der Waals surface area contributed by atoms with Gasteiger partial charge in [0.25, 0.3) is 5.91 Å². The van der Waals surface area contributed by atoms with Crippen molar-refractivity contribution < 1.29 is 14.4 Å². The number of thiophene rings is 1. The molecular weight excluding hydrogens is 328 g/mol. The van der Waals surface area contributed by atoms with E-state index >= 15 is 0 Å². The van der Waals surface area contributed by atoms with Crippen molar-refractivity contribution in [3.63, 3.8) is 0 Å². The zero-order valence-electron chi connectivity index (χ0n) is 12.9. The van der Waals surface area contributed by atoms with E-state index in [9.17, 15) is 14.4 Å². The first-order chi connectivity index (χ1) is 11.5. The SMILES string of the molecule is NC(=O)Nc1cccc(NC(=O)CCCNC(=O)c2ccsc2)c1. The van der Waals surface area contributed by atoms with Gasteiger partial charge in [0.05, 0.1) is 0 Å². The molecule has 0 bridgehead atoms. The zero-order valence-corrected chi connectivity index (χ0v) is 13.7. The molecule has 2 aromatic rings. The van der Waals surface area contributed by atoms with Crippen molar-refractivity contribution in [1.82, 2.24) is 5.32 Å². The second-order valence-electron chi connectivity index (χ2n) is 4.99. The Labute approximate surface area is 143 Å². The number of carbonyl (C=O) groups is 3. The molecule has 0 fully saturated rings. The van der Waals surface area contributed by atoms with E-state index in [1.54, 1.807) is 35.7 Å². The summed E-state index contributed by atoms with van der Waals surface area (Å²) in [7, 11) is 0. The fraction of sp³-hybridized carbons (Fsp3) is 0.188. The number of rotatable bonds is 7. The maximum Gasteiger partial charge on any atom is 0.316 e. The minimum absolute atomic E-state index is 0.137. The molecule has 1 heterocycles. The third kappa shape index (κ3) is 5.73. The van der Waals surface area contributed by atoms with Gasteiger partial charge in [-0.2, -0.15) is 11.3 Å². The molecule has 7 nitrogen and oxygen atoms in total. The predicted octanol–water partition coefficient (Wildman–Crippen LogP) is 2.39. The maximum absolute atomic E-state index is 11.9. The Kier molecular flexibility index (Phi) is 6.32. The summed E-state index contributed by atoms with van der Waals surface area (Å²) in [5.41, 5.74) is 6.74. The Bertz CT molecular complexity index is 716. The first-order valence-corrected chi connectivity index (χ1v) is 8.25. The van der Waals surface area contributed by atoms with Crippen molar-refractivity contribution >= 4 is 40.6 Å². The van der Waals surface area contributed by atoms with Gasteiger partial charge >= 0.3 is 6.03 Å². The standard InChI is InChI=1S/C16H18N4O3S/c17-16(23)20-13-4-1-3-12(9-13)19-14(21)5-2-7-18-15(22)11-6-8-24-10-11/h1,3-4,6,8-10H,2,5,7H2,(H,18,22)(H,19,21)(H3,17,20,23). The van der Waals surface area contributed by atoms with Crippen LogP contribution in [0.15, 0.2) is 41.1 Å². The number of nitrogens with one attached hydrogen (secondary N) is 3. The van der Waals surface area contributed by atoms with Crippen LogP contribution in [0.2, 0.25) is 0 Å². The van der Waals surface area contributed by atoms with Crippen LogP contribution in [-0.2, 0) is 4.79 Å². The summed E-state index contributed by atoms with van der Waals surface area (Å²) in [5, 5.41) is 11.5.